The molecule has 2 rings (SSSR count). The van der Waals surface area contributed by atoms with Gasteiger partial charge in [-0.2, -0.15) is 5.10 Å². The van der Waals surface area contributed by atoms with Gasteiger partial charge < -0.3 is 0 Å². The zero-order chi connectivity index (χ0) is 11.0. The van der Waals surface area contributed by atoms with E-state index in [4.69, 9.17) is 11.6 Å². The Hall–Kier alpha value is -1.35. The molecule has 4 heteroatoms. The second kappa shape index (κ2) is 3.66. The topological polar surface area (TPSA) is 30.7 Å². The van der Waals surface area contributed by atoms with E-state index in [2.05, 4.69) is 10.1 Å². The average Bonchev–Trinajstić information content (AvgIpc) is 2.46. The van der Waals surface area contributed by atoms with Crippen LogP contribution < -0.4 is 0 Å². The summed E-state index contributed by atoms with van der Waals surface area (Å²) in [7, 11) is 1.89. The monoisotopic (exact) mass is 221 g/mol. The second-order valence-electron chi connectivity index (χ2n) is 3.56. The molecule has 0 amide bonds. The Kier molecular flexibility index (Phi) is 2.49. The highest BCUT2D eigenvalue weighted by Gasteiger charge is 2.12. The van der Waals surface area contributed by atoms with E-state index in [9.17, 15) is 0 Å². The van der Waals surface area contributed by atoms with Crippen molar-refractivity contribution < 1.29 is 0 Å². The van der Waals surface area contributed by atoms with E-state index in [0.717, 1.165) is 22.6 Å². The first-order valence-corrected chi connectivity index (χ1v) is 5.09. The molecule has 2 aromatic heterocycles. The lowest BCUT2D eigenvalue weighted by molar-refractivity contribution is 0.743. The third kappa shape index (κ3) is 1.75. The lowest BCUT2D eigenvalue weighted by Crippen LogP contribution is -1.92. The van der Waals surface area contributed by atoms with Crippen molar-refractivity contribution in [3.8, 4) is 11.3 Å². The molecule has 3 nitrogen and oxygen atoms in total. The Bertz CT molecular complexity index is 503. The molecule has 2 heterocycles. The maximum atomic E-state index is 6.20. The number of nitrogens with zero attached hydrogens (tertiary/aromatic N) is 3. The van der Waals surface area contributed by atoms with Gasteiger partial charge in [-0.1, -0.05) is 11.6 Å². The number of rotatable bonds is 1. The zero-order valence-electron chi connectivity index (χ0n) is 8.95. The van der Waals surface area contributed by atoms with Crippen molar-refractivity contribution in [2.24, 2.45) is 7.05 Å². The second-order valence-corrected chi connectivity index (χ2v) is 3.94. The van der Waals surface area contributed by atoms with Gasteiger partial charge in [0.15, 0.2) is 0 Å². The van der Waals surface area contributed by atoms with Gasteiger partial charge in [-0.15, -0.1) is 0 Å². The molecule has 0 N–H and O–H groups in total. The molecule has 0 aromatic carbocycles. The standard InChI is InChI=1S/C11H12ClN3/c1-7-6-9(4-5-13-7)11-10(12)8(2)15(3)14-11/h4-6H,1-3H3. The molecular weight excluding hydrogens is 210 g/mol. The largest absolute Gasteiger partial charge is 0.271 e. The van der Waals surface area contributed by atoms with Gasteiger partial charge in [0.05, 0.1) is 10.7 Å². The average molecular weight is 222 g/mol. The molecule has 0 saturated heterocycles. The molecular formula is C11H12ClN3. The molecule has 0 aliphatic rings. The number of hydrogen-bond acceptors (Lipinski definition) is 2. The fraction of sp³-hybridized carbons (Fsp3) is 0.273. The summed E-state index contributed by atoms with van der Waals surface area (Å²) in [6.45, 7) is 3.90. The zero-order valence-corrected chi connectivity index (χ0v) is 9.71. The first kappa shape index (κ1) is 10.2. The maximum absolute atomic E-state index is 6.20. The van der Waals surface area contributed by atoms with E-state index in [1.807, 2.05) is 33.0 Å². The van der Waals surface area contributed by atoms with Crippen LogP contribution in [0.25, 0.3) is 11.3 Å². The fourth-order valence-corrected chi connectivity index (χ4v) is 1.73. The minimum Gasteiger partial charge on any atom is -0.271 e. The van der Waals surface area contributed by atoms with Crippen LogP contribution in [-0.2, 0) is 7.05 Å². The van der Waals surface area contributed by atoms with Crippen LogP contribution in [0.5, 0.6) is 0 Å². The third-order valence-corrected chi connectivity index (χ3v) is 2.88. The molecule has 0 atom stereocenters. The van der Waals surface area contributed by atoms with Crippen LogP contribution >= 0.6 is 11.6 Å². The number of aromatic nitrogens is 3. The molecule has 0 aliphatic carbocycles. The lowest BCUT2D eigenvalue weighted by Gasteiger charge is -1.98. The van der Waals surface area contributed by atoms with Gasteiger partial charge in [-0.05, 0) is 26.0 Å². The summed E-state index contributed by atoms with van der Waals surface area (Å²) in [5.41, 5.74) is 3.77. The minimum atomic E-state index is 0.711. The van der Waals surface area contributed by atoms with Gasteiger partial charge in [0.2, 0.25) is 0 Å². The number of pyridine rings is 1. The van der Waals surface area contributed by atoms with Crippen LogP contribution in [0.4, 0.5) is 0 Å². The molecule has 0 aliphatic heterocycles. The maximum Gasteiger partial charge on any atom is 0.111 e. The van der Waals surface area contributed by atoms with Gasteiger partial charge in [0.1, 0.15) is 5.69 Å². The third-order valence-electron chi connectivity index (χ3n) is 2.43. The Morgan fingerprint density at radius 2 is 2.07 bits per heavy atom. The molecule has 78 valence electrons. The van der Waals surface area contributed by atoms with Crippen molar-refractivity contribution >= 4 is 11.6 Å². The normalized spacial score (nSPS) is 10.7. The van der Waals surface area contributed by atoms with Crippen molar-refractivity contribution in [2.75, 3.05) is 0 Å². The summed E-state index contributed by atoms with van der Waals surface area (Å²) in [6, 6.07) is 3.90. The van der Waals surface area contributed by atoms with Gasteiger partial charge in [-0.3, -0.25) is 9.67 Å². The van der Waals surface area contributed by atoms with E-state index in [-0.39, 0.29) is 0 Å². The Labute approximate surface area is 93.7 Å². The first-order valence-electron chi connectivity index (χ1n) is 4.71. The van der Waals surface area contributed by atoms with Crippen LogP contribution in [0.15, 0.2) is 18.3 Å². The number of halogens is 1. The van der Waals surface area contributed by atoms with Crippen molar-refractivity contribution in [3.63, 3.8) is 0 Å². The van der Waals surface area contributed by atoms with Crippen LogP contribution in [0, 0.1) is 13.8 Å². The summed E-state index contributed by atoms with van der Waals surface area (Å²) in [5.74, 6) is 0. The van der Waals surface area contributed by atoms with E-state index >= 15 is 0 Å². The van der Waals surface area contributed by atoms with Crippen LogP contribution in [-0.4, -0.2) is 14.8 Å². The summed E-state index contributed by atoms with van der Waals surface area (Å²) >= 11 is 6.20. The smallest absolute Gasteiger partial charge is 0.111 e. The Morgan fingerprint density at radius 1 is 1.33 bits per heavy atom. The van der Waals surface area contributed by atoms with Crippen LogP contribution in [0.1, 0.15) is 11.4 Å². The van der Waals surface area contributed by atoms with E-state index in [1.165, 1.54) is 0 Å². The highest BCUT2D eigenvalue weighted by Crippen LogP contribution is 2.28. The van der Waals surface area contributed by atoms with E-state index in [1.54, 1.807) is 10.9 Å². The van der Waals surface area contributed by atoms with Crippen LogP contribution in [0.3, 0.4) is 0 Å². The fourth-order valence-electron chi connectivity index (χ4n) is 1.46. The Balaban J connectivity index is 2.59. The molecule has 2 aromatic rings. The molecule has 15 heavy (non-hydrogen) atoms. The molecule has 0 unspecified atom stereocenters. The van der Waals surface area contributed by atoms with Crippen LogP contribution in [0.2, 0.25) is 5.02 Å². The van der Waals surface area contributed by atoms with Crippen molar-refractivity contribution in [2.45, 2.75) is 13.8 Å². The molecule has 0 spiro atoms. The van der Waals surface area contributed by atoms with Gasteiger partial charge in [0.25, 0.3) is 0 Å². The molecule has 0 saturated carbocycles. The van der Waals surface area contributed by atoms with Gasteiger partial charge >= 0.3 is 0 Å². The minimum absolute atomic E-state index is 0.711. The number of hydrogen-bond donors (Lipinski definition) is 0. The predicted molar refractivity (Wildman–Crippen MR) is 60.9 cm³/mol. The van der Waals surface area contributed by atoms with Gasteiger partial charge in [0, 0.05) is 24.5 Å². The first-order chi connectivity index (χ1) is 7.09. The molecule has 0 radical (unpaired) electrons. The van der Waals surface area contributed by atoms with E-state index in [0.29, 0.717) is 5.02 Å². The quantitative estimate of drug-likeness (QED) is 0.742. The summed E-state index contributed by atoms with van der Waals surface area (Å²) < 4.78 is 1.79. The number of aryl methyl sites for hydroxylation is 2. The summed E-state index contributed by atoms with van der Waals surface area (Å²) in [5, 5.41) is 5.09. The highest BCUT2D eigenvalue weighted by molar-refractivity contribution is 6.33. The Morgan fingerprint density at radius 3 is 2.60 bits per heavy atom. The predicted octanol–water partition coefficient (Wildman–Crippen LogP) is 2.75. The molecule has 0 fully saturated rings. The van der Waals surface area contributed by atoms with E-state index < -0.39 is 0 Å². The SMILES string of the molecule is Cc1cc(-c2nn(C)c(C)c2Cl)ccn1. The van der Waals surface area contributed by atoms with Crippen molar-refractivity contribution in [3.05, 3.63) is 34.7 Å². The summed E-state index contributed by atoms with van der Waals surface area (Å²) in [6.07, 6.45) is 1.77. The molecule has 0 bridgehead atoms. The van der Waals surface area contributed by atoms with Gasteiger partial charge in [-0.25, -0.2) is 0 Å². The summed E-state index contributed by atoms with van der Waals surface area (Å²) in [4.78, 5) is 4.15. The highest BCUT2D eigenvalue weighted by atomic mass is 35.5. The lowest BCUT2D eigenvalue weighted by atomic mass is 10.1. The van der Waals surface area contributed by atoms with Crippen molar-refractivity contribution in [1.82, 2.24) is 14.8 Å². The van der Waals surface area contributed by atoms with Crippen molar-refractivity contribution in [1.29, 1.82) is 0 Å².